The molecule has 0 aliphatic heterocycles. The lowest BCUT2D eigenvalue weighted by molar-refractivity contribution is -0.384. The molecule has 0 aliphatic rings. The van der Waals surface area contributed by atoms with Crippen molar-refractivity contribution in [1.82, 2.24) is 5.32 Å². The van der Waals surface area contributed by atoms with E-state index >= 15 is 0 Å². The number of nitro groups is 1. The Hall–Kier alpha value is -2.37. The van der Waals surface area contributed by atoms with Crippen molar-refractivity contribution in [2.45, 2.75) is 13.3 Å². The van der Waals surface area contributed by atoms with Gasteiger partial charge in [-0.25, -0.2) is 0 Å². The highest BCUT2D eigenvalue weighted by Crippen LogP contribution is 2.20. The van der Waals surface area contributed by atoms with Gasteiger partial charge in [0.15, 0.2) is 0 Å². The molecule has 0 saturated heterocycles. The van der Waals surface area contributed by atoms with E-state index in [9.17, 15) is 14.9 Å². The minimum atomic E-state index is -0.485. The summed E-state index contributed by atoms with van der Waals surface area (Å²) in [6, 6.07) is 4.33. The van der Waals surface area contributed by atoms with E-state index in [1.807, 2.05) is 6.08 Å². The van der Waals surface area contributed by atoms with Gasteiger partial charge in [0.2, 0.25) is 5.91 Å². The lowest BCUT2D eigenvalue weighted by Gasteiger charge is -2.00. The second-order valence-corrected chi connectivity index (χ2v) is 3.74. The lowest BCUT2D eigenvalue weighted by Crippen LogP contribution is -2.20. The molecule has 0 fully saturated rings. The van der Waals surface area contributed by atoms with Gasteiger partial charge in [-0.2, -0.15) is 0 Å². The largest absolute Gasteiger partial charge is 0.398 e. The molecule has 0 heterocycles. The van der Waals surface area contributed by atoms with Crippen molar-refractivity contribution >= 4 is 23.4 Å². The molecule has 1 aromatic carbocycles. The standard InChI is InChI=1S/C12H15N3O3/c1-9(16)14-7-3-2-4-10-5-6-11(15(17)18)8-12(10)13/h2,4-6,8H,3,7,13H2,1H3,(H,14,16). The molecule has 0 unspecified atom stereocenters. The number of hydrogen-bond donors (Lipinski definition) is 2. The first-order chi connectivity index (χ1) is 8.50. The van der Waals surface area contributed by atoms with Crippen LogP contribution in [-0.2, 0) is 4.79 Å². The van der Waals surface area contributed by atoms with E-state index in [0.717, 1.165) is 5.56 Å². The molecule has 1 aromatic rings. The molecule has 0 atom stereocenters. The molecule has 0 bridgehead atoms. The lowest BCUT2D eigenvalue weighted by atomic mass is 10.1. The number of anilines is 1. The molecule has 18 heavy (non-hydrogen) atoms. The summed E-state index contributed by atoms with van der Waals surface area (Å²) >= 11 is 0. The molecule has 0 spiro atoms. The van der Waals surface area contributed by atoms with Crippen LogP contribution in [0.4, 0.5) is 11.4 Å². The number of nitrogens with zero attached hydrogens (tertiary/aromatic N) is 1. The Morgan fingerprint density at radius 3 is 2.83 bits per heavy atom. The highest BCUT2D eigenvalue weighted by atomic mass is 16.6. The average Bonchev–Trinajstić information content (AvgIpc) is 2.29. The first-order valence-electron chi connectivity index (χ1n) is 5.45. The number of nitrogens with two attached hydrogens (primary N) is 1. The van der Waals surface area contributed by atoms with Crippen molar-refractivity contribution in [2.75, 3.05) is 12.3 Å². The van der Waals surface area contributed by atoms with Crippen LogP contribution in [0.1, 0.15) is 18.9 Å². The normalized spacial score (nSPS) is 10.5. The van der Waals surface area contributed by atoms with Crippen molar-refractivity contribution in [2.24, 2.45) is 0 Å². The van der Waals surface area contributed by atoms with Gasteiger partial charge in [-0.1, -0.05) is 12.2 Å². The van der Waals surface area contributed by atoms with Gasteiger partial charge < -0.3 is 11.1 Å². The van der Waals surface area contributed by atoms with Gasteiger partial charge in [0.1, 0.15) is 0 Å². The maximum absolute atomic E-state index is 10.6. The fraction of sp³-hybridized carbons (Fsp3) is 0.250. The Morgan fingerprint density at radius 1 is 1.56 bits per heavy atom. The van der Waals surface area contributed by atoms with E-state index in [-0.39, 0.29) is 11.6 Å². The van der Waals surface area contributed by atoms with Gasteiger partial charge in [-0.05, 0) is 18.1 Å². The number of amides is 1. The Balaban J connectivity index is 2.59. The summed E-state index contributed by atoms with van der Waals surface area (Å²) in [6.45, 7) is 2.01. The maximum atomic E-state index is 10.6. The third-order valence-electron chi connectivity index (χ3n) is 2.26. The van der Waals surface area contributed by atoms with Gasteiger partial charge in [-0.15, -0.1) is 0 Å². The van der Waals surface area contributed by atoms with Crippen molar-refractivity contribution in [3.63, 3.8) is 0 Å². The molecule has 3 N–H and O–H groups in total. The number of non-ortho nitro benzene ring substituents is 1. The second-order valence-electron chi connectivity index (χ2n) is 3.74. The first kappa shape index (κ1) is 13.7. The van der Waals surface area contributed by atoms with Crippen LogP contribution < -0.4 is 11.1 Å². The first-order valence-corrected chi connectivity index (χ1v) is 5.45. The zero-order chi connectivity index (χ0) is 13.5. The number of carbonyl (C=O) groups is 1. The van der Waals surface area contributed by atoms with Crippen molar-refractivity contribution in [1.29, 1.82) is 0 Å². The number of carbonyl (C=O) groups excluding carboxylic acids is 1. The maximum Gasteiger partial charge on any atom is 0.271 e. The van der Waals surface area contributed by atoms with Gasteiger partial charge in [0.25, 0.3) is 5.69 Å². The molecule has 0 aromatic heterocycles. The fourth-order valence-corrected chi connectivity index (χ4v) is 1.37. The molecule has 1 amide bonds. The third kappa shape index (κ3) is 4.25. The quantitative estimate of drug-likeness (QED) is 0.359. The summed E-state index contributed by atoms with van der Waals surface area (Å²) in [7, 11) is 0. The Kier molecular flexibility index (Phi) is 4.86. The Morgan fingerprint density at radius 2 is 2.28 bits per heavy atom. The molecular weight excluding hydrogens is 234 g/mol. The average molecular weight is 249 g/mol. The molecule has 1 rings (SSSR count). The Labute approximate surface area is 105 Å². The number of nitrogens with one attached hydrogen (secondary N) is 1. The molecule has 0 saturated carbocycles. The Bertz CT molecular complexity index is 483. The molecule has 0 aliphatic carbocycles. The number of benzene rings is 1. The number of nitro benzene ring substituents is 1. The van der Waals surface area contributed by atoms with E-state index in [0.29, 0.717) is 18.7 Å². The number of rotatable bonds is 5. The predicted octanol–water partition coefficient (Wildman–Crippen LogP) is 1.72. The minimum absolute atomic E-state index is 0.0251. The highest BCUT2D eigenvalue weighted by molar-refractivity contribution is 5.72. The number of hydrogen-bond acceptors (Lipinski definition) is 4. The monoisotopic (exact) mass is 249 g/mol. The molecular formula is C12H15N3O3. The SMILES string of the molecule is CC(=O)NCCC=Cc1ccc([N+](=O)[O-])cc1N. The molecule has 0 radical (unpaired) electrons. The van der Waals surface area contributed by atoms with Crippen LogP contribution >= 0.6 is 0 Å². The van der Waals surface area contributed by atoms with E-state index in [1.54, 1.807) is 12.1 Å². The van der Waals surface area contributed by atoms with Crippen molar-refractivity contribution in [3.8, 4) is 0 Å². The third-order valence-corrected chi connectivity index (χ3v) is 2.26. The van der Waals surface area contributed by atoms with Crippen LogP contribution in [0.3, 0.4) is 0 Å². The van der Waals surface area contributed by atoms with Gasteiger partial charge in [0, 0.05) is 31.3 Å². The predicted molar refractivity (Wildman–Crippen MR) is 69.8 cm³/mol. The minimum Gasteiger partial charge on any atom is -0.398 e. The van der Waals surface area contributed by atoms with E-state index in [2.05, 4.69) is 5.32 Å². The zero-order valence-electron chi connectivity index (χ0n) is 10.1. The zero-order valence-corrected chi connectivity index (χ0v) is 10.1. The van der Waals surface area contributed by atoms with Crippen molar-refractivity contribution in [3.05, 3.63) is 40.0 Å². The van der Waals surface area contributed by atoms with Gasteiger partial charge >= 0.3 is 0 Å². The van der Waals surface area contributed by atoms with Crippen LogP contribution in [0.25, 0.3) is 6.08 Å². The smallest absolute Gasteiger partial charge is 0.271 e. The molecule has 6 heteroatoms. The van der Waals surface area contributed by atoms with E-state index in [1.165, 1.54) is 19.1 Å². The van der Waals surface area contributed by atoms with Crippen LogP contribution in [0.2, 0.25) is 0 Å². The highest BCUT2D eigenvalue weighted by Gasteiger charge is 2.06. The molecule has 6 nitrogen and oxygen atoms in total. The topological polar surface area (TPSA) is 98.3 Å². The van der Waals surface area contributed by atoms with Crippen LogP contribution in [0.15, 0.2) is 24.3 Å². The van der Waals surface area contributed by atoms with Gasteiger partial charge in [0.05, 0.1) is 4.92 Å². The summed E-state index contributed by atoms with van der Waals surface area (Å²) in [4.78, 5) is 20.6. The van der Waals surface area contributed by atoms with Gasteiger partial charge in [-0.3, -0.25) is 14.9 Å². The summed E-state index contributed by atoms with van der Waals surface area (Å²) in [5.74, 6) is -0.0711. The number of nitrogen functional groups attached to an aromatic ring is 1. The van der Waals surface area contributed by atoms with Crippen molar-refractivity contribution < 1.29 is 9.72 Å². The van der Waals surface area contributed by atoms with Crippen LogP contribution in [0.5, 0.6) is 0 Å². The summed E-state index contributed by atoms with van der Waals surface area (Å²) < 4.78 is 0. The van der Waals surface area contributed by atoms with E-state index < -0.39 is 4.92 Å². The fourth-order valence-electron chi connectivity index (χ4n) is 1.37. The molecule has 96 valence electrons. The van der Waals surface area contributed by atoms with Crippen LogP contribution in [-0.4, -0.2) is 17.4 Å². The summed E-state index contributed by atoms with van der Waals surface area (Å²) in [6.07, 6.45) is 4.31. The second kappa shape index (κ2) is 6.39. The van der Waals surface area contributed by atoms with Crippen LogP contribution in [0, 0.1) is 10.1 Å². The summed E-state index contributed by atoms with van der Waals surface area (Å²) in [5.41, 5.74) is 6.76. The van der Waals surface area contributed by atoms with E-state index in [4.69, 9.17) is 5.73 Å². The summed E-state index contributed by atoms with van der Waals surface area (Å²) in [5, 5.41) is 13.2.